The van der Waals surface area contributed by atoms with Gasteiger partial charge in [0.2, 0.25) is 0 Å². The fourth-order valence-electron chi connectivity index (χ4n) is 3.06. The molecule has 3 rings (SSSR count). The van der Waals surface area contributed by atoms with Crippen LogP contribution in [0.15, 0.2) is 53.0 Å². The van der Waals surface area contributed by atoms with Crippen molar-refractivity contribution >= 4 is 33.2 Å². The maximum Gasteiger partial charge on any atom is 0.253 e. The molecule has 5 heteroatoms. The van der Waals surface area contributed by atoms with Crippen LogP contribution in [0.3, 0.4) is 0 Å². The van der Waals surface area contributed by atoms with Crippen molar-refractivity contribution in [1.82, 2.24) is 5.32 Å². The fraction of sp³-hybridized carbons (Fsp3) is 0.316. The van der Waals surface area contributed by atoms with Crippen LogP contribution in [-0.4, -0.2) is 38.6 Å². The fourth-order valence-corrected chi connectivity index (χ4v) is 3.41. The molecule has 1 amide bonds. The zero-order chi connectivity index (χ0) is 16.9. The highest BCUT2D eigenvalue weighted by Crippen LogP contribution is 2.27. The number of carbonyl (C=O) groups is 1. The molecule has 126 valence electrons. The van der Waals surface area contributed by atoms with Crippen molar-refractivity contribution in [2.75, 3.05) is 42.5 Å². The summed E-state index contributed by atoms with van der Waals surface area (Å²) in [6, 6.07) is 16.3. The molecule has 0 bridgehead atoms. The minimum absolute atomic E-state index is 0.00881. The van der Waals surface area contributed by atoms with Crippen LogP contribution < -0.4 is 15.1 Å². The number of rotatable bonds is 4. The van der Waals surface area contributed by atoms with Crippen molar-refractivity contribution in [3.8, 4) is 0 Å². The van der Waals surface area contributed by atoms with Crippen LogP contribution in [0.25, 0.3) is 0 Å². The van der Waals surface area contributed by atoms with Crippen LogP contribution in [0.1, 0.15) is 17.3 Å². The molecule has 0 atom stereocenters. The lowest BCUT2D eigenvalue weighted by atomic mass is 10.1. The van der Waals surface area contributed by atoms with Gasteiger partial charge in [-0.2, -0.15) is 0 Å². The molecular formula is C19H22BrN3O. The van der Waals surface area contributed by atoms with Crippen molar-refractivity contribution in [2.45, 2.75) is 6.92 Å². The number of hydrogen-bond donors (Lipinski definition) is 1. The van der Waals surface area contributed by atoms with Crippen molar-refractivity contribution < 1.29 is 4.79 Å². The standard InChI is InChI=1S/C19H22BrN3O/c1-2-21-19(24)17-9-8-15(20)14-18(17)23-12-10-22(11-13-23)16-6-4-3-5-7-16/h3-9,14H,2,10-13H2,1H3,(H,21,24). The van der Waals surface area contributed by atoms with E-state index in [-0.39, 0.29) is 5.91 Å². The number of carbonyl (C=O) groups excluding carboxylic acids is 1. The number of amides is 1. The summed E-state index contributed by atoms with van der Waals surface area (Å²) in [5, 5.41) is 2.90. The van der Waals surface area contributed by atoms with Crippen molar-refractivity contribution in [3.05, 3.63) is 58.6 Å². The van der Waals surface area contributed by atoms with Gasteiger partial charge in [-0.1, -0.05) is 34.1 Å². The Morgan fingerprint density at radius 2 is 1.71 bits per heavy atom. The molecule has 1 heterocycles. The lowest BCUT2D eigenvalue weighted by Gasteiger charge is -2.38. The first-order valence-corrected chi connectivity index (χ1v) is 9.11. The molecule has 0 aliphatic carbocycles. The second-order valence-electron chi connectivity index (χ2n) is 5.83. The van der Waals surface area contributed by atoms with E-state index in [9.17, 15) is 4.79 Å². The number of anilines is 2. The third-order valence-corrected chi connectivity index (χ3v) is 4.78. The SMILES string of the molecule is CCNC(=O)c1ccc(Br)cc1N1CCN(c2ccccc2)CC1. The molecule has 4 nitrogen and oxygen atoms in total. The zero-order valence-corrected chi connectivity index (χ0v) is 15.4. The van der Waals surface area contributed by atoms with Crippen LogP contribution in [0.4, 0.5) is 11.4 Å². The lowest BCUT2D eigenvalue weighted by molar-refractivity contribution is 0.0956. The first-order chi connectivity index (χ1) is 11.7. The Labute approximate surface area is 151 Å². The largest absolute Gasteiger partial charge is 0.368 e. The van der Waals surface area contributed by atoms with E-state index in [0.29, 0.717) is 6.54 Å². The van der Waals surface area contributed by atoms with E-state index < -0.39 is 0 Å². The monoisotopic (exact) mass is 387 g/mol. The third kappa shape index (κ3) is 3.73. The van der Waals surface area contributed by atoms with Gasteiger partial charge in [0.25, 0.3) is 5.91 Å². The van der Waals surface area contributed by atoms with Gasteiger partial charge in [-0.05, 0) is 37.3 Å². The van der Waals surface area contributed by atoms with E-state index in [1.807, 2.05) is 31.2 Å². The highest BCUT2D eigenvalue weighted by atomic mass is 79.9. The highest BCUT2D eigenvalue weighted by Gasteiger charge is 2.21. The second-order valence-corrected chi connectivity index (χ2v) is 6.75. The Kier molecular flexibility index (Phi) is 5.41. The predicted molar refractivity (Wildman–Crippen MR) is 103 cm³/mol. The average molecular weight is 388 g/mol. The Morgan fingerprint density at radius 3 is 2.38 bits per heavy atom. The van der Waals surface area contributed by atoms with Gasteiger partial charge < -0.3 is 15.1 Å². The molecule has 1 aliphatic rings. The summed E-state index contributed by atoms with van der Waals surface area (Å²) in [6.45, 7) is 6.28. The summed E-state index contributed by atoms with van der Waals surface area (Å²) in [7, 11) is 0. The van der Waals surface area contributed by atoms with Crippen LogP contribution >= 0.6 is 15.9 Å². The molecule has 1 saturated heterocycles. The van der Waals surface area contributed by atoms with Crippen LogP contribution in [-0.2, 0) is 0 Å². The molecule has 1 N–H and O–H groups in total. The van der Waals surface area contributed by atoms with Gasteiger partial charge in [0.05, 0.1) is 11.3 Å². The normalized spacial score (nSPS) is 14.6. The molecule has 0 aromatic heterocycles. The van der Waals surface area contributed by atoms with E-state index in [1.165, 1.54) is 5.69 Å². The average Bonchev–Trinajstić information content (AvgIpc) is 2.63. The number of piperazine rings is 1. The van der Waals surface area contributed by atoms with Crippen LogP contribution in [0.5, 0.6) is 0 Å². The van der Waals surface area contributed by atoms with Gasteiger partial charge in [0.1, 0.15) is 0 Å². The van der Waals surface area contributed by atoms with Crippen molar-refractivity contribution in [3.63, 3.8) is 0 Å². The third-order valence-electron chi connectivity index (χ3n) is 4.28. The molecule has 0 unspecified atom stereocenters. The van der Waals surface area contributed by atoms with Crippen LogP contribution in [0.2, 0.25) is 0 Å². The maximum atomic E-state index is 12.3. The second kappa shape index (κ2) is 7.71. The number of benzene rings is 2. The van der Waals surface area contributed by atoms with Gasteiger partial charge >= 0.3 is 0 Å². The van der Waals surface area contributed by atoms with Gasteiger partial charge in [-0.25, -0.2) is 0 Å². The van der Waals surface area contributed by atoms with E-state index in [4.69, 9.17) is 0 Å². The molecule has 0 radical (unpaired) electrons. The number of para-hydroxylation sites is 1. The summed E-state index contributed by atoms with van der Waals surface area (Å²) in [4.78, 5) is 17.0. The minimum atomic E-state index is -0.00881. The van der Waals surface area contributed by atoms with Gasteiger partial charge in [0.15, 0.2) is 0 Å². The topological polar surface area (TPSA) is 35.6 Å². The number of nitrogens with zero attached hydrogens (tertiary/aromatic N) is 2. The van der Waals surface area contributed by atoms with Crippen molar-refractivity contribution in [2.24, 2.45) is 0 Å². The van der Waals surface area contributed by atoms with Gasteiger partial charge in [0, 0.05) is 42.9 Å². The van der Waals surface area contributed by atoms with Crippen molar-refractivity contribution in [1.29, 1.82) is 0 Å². The predicted octanol–water partition coefficient (Wildman–Crippen LogP) is 3.53. The van der Waals surface area contributed by atoms with E-state index in [0.717, 1.165) is 41.9 Å². The van der Waals surface area contributed by atoms with Gasteiger partial charge in [-0.15, -0.1) is 0 Å². The Bertz CT molecular complexity index is 697. The molecule has 2 aromatic rings. The Morgan fingerprint density at radius 1 is 1.04 bits per heavy atom. The Balaban J connectivity index is 1.76. The number of halogens is 1. The minimum Gasteiger partial charge on any atom is -0.368 e. The van der Waals surface area contributed by atoms with E-state index in [1.54, 1.807) is 0 Å². The molecule has 0 saturated carbocycles. The summed E-state index contributed by atoms with van der Waals surface area (Å²) in [6.07, 6.45) is 0. The van der Waals surface area contributed by atoms with E-state index in [2.05, 4.69) is 55.3 Å². The van der Waals surface area contributed by atoms with Gasteiger partial charge in [-0.3, -0.25) is 4.79 Å². The molecule has 2 aromatic carbocycles. The number of hydrogen-bond acceptors (Lipinski definition) is 3. The summed E-state index contributed by atoms with van der Waals surface area (Å²) < 4.78 is 0.996. The first kappa shape index (κ1) is 16.8. The number of nitrogens with one attached hydrogen (secondary N) is 1. The Hall–Kier alpha value is -2.01. The quantitative estimate of drug-likeness (QED) is 0.871. The first-order valence-electron chi connectivity index (χ1n) is 8.31. The molecule has 0 spiro atoms. The molecule has 1 fully saturated rings. The molecule has 1 aliphatic heterocycles. The van der Waals surface area contributed by atoms with E-state index >= 15 is 0 Å². The maximum absolute atomic E-state index is 12.3. The molecule has 24 heavy (non-hydrogen) atoms. The lowest BCUT2D eigenvalue weighted by Crippen LogP contribution is -2.47. The highest BCUT2D eigenvalue weighted by molar-refractivity contribution is 9.10. The molecular weight excluding hydrogens is 366 g/mol. The summed E-state index contributed by atoms with van der Waals surface area (Å²) in [5.41, 5.74) is 3.01. The zero-order valence-electron chi connectivity index (χ0n) is 13.8. The summed E-state index contributed by atoms with van der Waals surface area (Å²) >= 11 is 3.53. The van der Waals surface area contributed by atoms with Crippen LogP contribution in [0, 0.1) is 0 Å². The smallest absolute Gasteiger partial charge is 0.253 e. The summed E-state index contributed by atoms with van der Waals surface area (Å²) in [5.74, 6) is -0.00881.